The van der Waals surface area contributed by atoms with Gasteiger partial charge in [-0.3, -0.25) is 19.2 Å². The molecule has 4 aliphatic rings. The van der Waals surface area contributed by atoms with Crippen LogP contribution in [0.4, 0.5) is 4.79 Å². The van der Waals surface area contributed by atoms with Gasteiger partial charge in [0.05, 0.1) is 0 Å². The molecule has 7 heteroatoms. The molecule has 0 spiro atoms. The summed E-state index contributed by atoms with van der Waals surface area (Å²) in [5.41, 5.74) is 2.35. The lowest BCUT2D eigenvalue weighted by molar-refractivity contribution is -0.140. The molecular formula is C32H51N3O3S. The molecule has 2 fully saturated rings. The monoisotopic (exact) mass is 557 g/mol. The van der Waals surface area contributed by atoms with Gasteiger partial charge < -0.3 is 4.90 Å². The molecular weight excluding hydrogens is 506 g/mol. The summed E-state index contributed by atoms with van der Waals surface area (Å²) in [6.07, 6.45) is 11.6. The molecule has 2 saturated carbocycles. The van der Waals surface area contributed by atoms with Crippen molar-refractivity contribution < 1.29 is 14.4 Å². The quantitative estimate of drug-likeness (QED) is 0.343. The highest BCUT2D eigenvalue weighted by Gasteiger charge is 2.60. The van der Waals surface area contributed by atoms with Crippen LogP contribution in [-0.2, 0) is 9.59 Å². The Morgan fingerprint density at radius 2 is 1.72 bits per heavy atom. The van der Waals surface area contributed by atoms with Gasteiger partial charge in [0.25, 0.3) is 0 Å². The van der Waals surface area contributed by atoms with Gasteiger partial charge in [-0.25, -0.2) is 4.79 Å². The molecule has 0 aromatic rings. The molecule has 0 heterocycles. The van der Waals surface area contributed by atoms with E-state index in [9.17, 15) is 14.4 Å². The number of nitrogens with zero attached hydrogens (tertiary/aromatic N) is 2. The van der Waals surface area contributed by atoms with Crippen molar-refractivity contribution >= 4 is 29.8 Å². The lowest BCUT2D eigenvalue weighted by Gasteiger charge is -2.57. The summed E-state index contributed by atoms with van der Waals surface area (Å²) in [6, 6.07) is -0.457. The summed E-state index contributed by atoms with van der Waals surface area (Å²) >= 11 is 1.37. The second-order valence-corrected chi connectivity index (χ2v) is 14.8. The van der Waals surface area contributed by atoms with Crippen LogP contribution in [0.1, 0.15) is 100 Å². The van der Waals surface area contributed by atoms with Crippen molar-refractivity contribution in [2.75, 3.05) is 13.1 Å². The van der Waals surface area contributed by atoms with Crippen molar-refractivity contribution in [3.63, 3.8) is 0 Å². The van der Waals surface area contributed by atoms with E-state index in [2.05, 4.69) is 44.6 Å². The zero-order valence-electron chi connectivity index (χ0n) is 25.5. The van der Waals surface area contributed by atoms with Crippen LogP contribution in [0.3, 0.4) is 0 Å². The van der Waals surface area contributed by atoms with Gasteiger partial charge in [-0.1, -0.05) is 39.8 Å². The number of hydrogen-bond donors (Lipinski definition) is 1. The van der Waals surface area contributed by atoms with Crippen LogP contribution in [0, 0.1) is 34.5 Å². The van der Waals surface area contributed by atoms with E-state index in [4.69, 9.17) is 0 Å². The Morgan fingerprint density at radius 1 is 1.03 bits per heavy atom. The van der Waals surface area contributed by atoms with Gasteiger partial charge in [0, 0.05) is 35.9 Å². The number of hydrogen-bond acceptors (Lipinski definition) is 4. The first-order chi connectivity index (χ1) is 18.4. The summed E-state index contributed by atoms with van der Waals surface area (Å²) in [6.45, 7) is 18.3. The Labute approximate surface area is 240 Å². The van der Waals surface area contributed by atoms with Crippen LogP contribution < -0.4 is 4.72 Å². The summed E-state index contributed by atoms with van der Waals surface area (Å²) in [5, 5.41) is 0.258. The van der Waals surface area contributed by atoms with Crippen molar-refractivity contribution in [2.24, 2.45) is 34.5 Å². The van der Waals surface area contributed by atoms with Crippen LogP contribution in [0.25, 0.3) is 0 Å². The minimum absolute atomic E-state index is 0.00807. The zero-order chi connectivity index (χ0) is 28.7. The third-order valence-corrected chi connectivity index (χ3v) is 11.5. The largest absolute Gasteiger partial charge is 0.339 e. The first-order valence-electron chi connectivity index (χ1n) is 15.4. The molecule has 4 rings (SSSR count). The maximum atomic E-state index is 14.0. The highest BCUT2D eigenvalue weighted by Crippen LogP contribution is 2.66. The molecule has 0 saturated heterocycles. The number of amides is 4. The van der Waals surface area contributed by atoms with E-state index in [-0.39, 0.29) is 45.9 Å². The third-order valence-electron chi connectivity index (χ3n) is 10.7. The minimum Gasteiger partial charge on any atom is -0.339 e. The highest BCUT2D eigenvalue weighted by molar-refractivity contribution is 7.98. The van der Waals surface area contributed by atoms with Crippen LogP contribution in [0.15, 0.2) is 23.3 Å². The van der Waals surface area contributed by atoms with Crippen LogP contribution in [0.5, 0.6) is 0 Å². The number of imide groups is 1. The Kier molecular flexibility index (Phi) is 9.00. The molecule has 0 aromatic carbocycles. The SMILES string of the molecule is CCN(CC)C(=O)C1=CC2=CC[C@H]3[C@@H]4CC[C@H](C(=O)N(C(=O)NSC(C)C)C(C)C)[C@@]4(C)CC[C@@H]3[C@@]2(C)CC1. The second kappa shape index (κ2) is 11.6. The van der Waals surface area contributed by atoms with Crippen molar-refractivity contribution in [1.82, 2.24) is 14.5 Å². The van der Waals surface area contributed by atoms with Crippen molar-refractivity contribution in [2.45, 2.75) is 112 Å². The fourth-order valence-corrected chi connectivity index (χ4v) is 9.02. The van der Waals surface area contributed by atoms with E-state index in [0.29, 0.717) is 17.8 Å². The number of allylic oxidation sites excluding steroid dienone is 3. The molecule has 218 valence electrons. The number of urea groups is 1. The Hall–Kier alpha value is -1.76. The van der Waals surface area contributed by atoms with E-state index in [1.54, 1.807) is 0 Å². The van der Waals surface area contributed by atoms with Crippen LogP contribution in [0.2, 0.25) is 0 Å². The Morgan fingerprint density at radius 3 is 2.33 bits per heavy atom. The number of carbonyl (C=O) groups is 3. The summed E-state index contributed by atoms with van der Waals surface area (Å²) in [4.78, 5) is 43.6. The predicted molar refractivity (Wildman–Crippen MR) is 160 cm³/mol. The van der Waals surface area contributed by atoms with Crippen LogP contribution >= 0.6 is 11.9 Å². The summed E-state index contributed by atoms with van der Waals surface area (Å²) < 4.78 is 2.90. The molecule has 0 radical (unpaired) electrons. The molecule has 0 bridgehead atoms. The number of rotatable bonds is 7. The highest BCUT2D eigenvalue weighted by atomic mass is 32.2. The molecule has 0 unspecified atom stereocenters. The standard InChI is InChI=1S/C32H51N3O3S/c1-9-34(10-2)28(36)22-15-17-31(7)23(19-22)11-12-24-25-13-14-27(32(25,8)18-16-26(24)31)29(37)35(20(3)4)30(38)33-39-21(5)6/h11,19-21,24-27H,9-10,12-18H2,1-8H3,(H,33,38)/t24-,25-,26-,27+,31-,32-/m0/s1. The number of carbonyl (C=O) groups excluding carboxylic acids is 3. The molecule has 4 amide bonds. The van der Waals surface area contributed by atoms with Crippen LogP contribution in [-0.4, -0.2) is 52.0 Å². The zero-order valence-corrected chi connectivity index (χ0v) is 26.3. The Bertz CT molecular complexity index is 1030. The normalized spacial score (nSPS) is 33.5. The van der Waals surface area contributed by atoms with Gasteiger partial charge >= 0.3 is 6.03 Å². The molecule has 1 N–H and O–H groups in total. The van der Waals surface area contributed by atoms with Crippen molar-refractivity contribution in [3.05, 3.63) is 23.3 Å². The van der Waals surface area contributed by atoms with E-state index in [0.717, 1.165) is 63.6 Å². The Balaban J connectivity index is 1.55. The lowest BCUT2D eigenvalue weighted by Crippen LogP contribution is -2.54. The first kappa shape index (κ1) is 30.2. The lowest BCUT2D eigenvalue weighted by atomic mass is 9.48. The van der Waals surface area contributed by atoms with Gasteiger partial charge in [-0.15, -0.1) is 0 Å². The van der Waals surface area contributed by atoms with E-state index >= 15 is 0 Å². The second-order valence-electron chi connectivity index (χ2n) is 13.4. The van der Waals surface area contributed by atoms with Gasteiger partial charge in [0.1, 0.15) is 0 Å². The summed E-state index contributed by atoms with van der Waals surface area (Å²) in [7, 11) is 0. The van der Waals surface area contributed by atoms with Crippen molar-refractivity contribution in [1.29, 1.82) is 0 Å². The van der Waals surface area contributed by atoms with Gasteiger partial charge in [0.2, 0.25) is 11.8 Å². The number of likely N-dealkylation sites (N-methyl/N-ethyl adjacent to an activating group) is 1. The topological polar surface area (TPSA) is 69.7 Å². The molecule has 0 aliphatic heterocycles. The fraction of sp³-hybridized carbons (Fsp3) is 0.781. The number of fused-ring (bicyclic) bond motifs is 5. The van der Waals surface area contributed by atoms with Gasteiger partial charge in [-0.2, -0.15) is 0 Å². The van der Waals surface area contributed by atoms with E-state index in [1.165, 1.54) is 22.4 Å². The maximum Gasteiger partial charge on any atom is 0.334 e. The average molecular weight is 558 g/mol. The molecule has 39 heavy (non-hydrogen) atoms. The molecule has 0 aromatic heterocycles. The minimum atomic E-state index is -0.281. The van der Waals surface area contributed by atoms with Crippen molar-refractivity contribution in [3.8, 4) is 0 Å². The first-order valence-corrected chi connectivity index (χ1v) is 16.3. The average Bonchev–Trinajstić information content (AvgIpc) is 3.24. The van der Waals surface area contributed by atoms with E-state index < -0.39 is 0 Å². The fourth-order valence-electron chi connectivity index (χ4n) is 8.59. The molecule has 4 aliphatic carbocycles. The smallest absolute Gasteiger partial charge is 0.334 e. The van der Waals surface area contributed by atoms with Gasteiger partial charge in [0.15, 0.2) is 0 Å². The van der Waals surface area contributed by atoms with E-state index in [1.807, 2.05) is 32.6 Å². The predicted octanol–water partition coefficient (Wildman–Crippen LogP) is 6.97. The third kappa shape index (κ3) is 5.34. The summed E-state index contributed by atoms with van der Waals surface area (Å²) in [5.74, 6) is 1.73. The molecule has 6 nitrogen and oxygen atoms in total. The van der Waals surface area contributed by atoms with Gasteiger partial charge in [-0.05, 0) is 119 Å². The number of nitrogens with one attached hydrogen (secondary N) is 1. The molecule has 6 atom stereocenters. The maximum absolute atomic E-state index is 14.0.